The predicted molar refractivity (Wildman–Crippen MR) is 136 cm³/mol. The van der Waals surface area contributed by atoms with Gasteiger partial charge in [0.1, 0.15) is 5.82 Å². The average Bonchev–Trinajstić information content (AvgIpc) is 3.22. The number of piperidine rings is 1. The monoisotopic (exact) mass is 619 g/mol. The molecule has 13 heteroatoms. The van der Waals surface area contributed by atoms with Crippen molar-refractivity contribution in [2.75, 3.05) is 30.3 Å². The summed E-state index contributed by atoms with van der Waals surface area (Å²) in [6.45, 7) is 4.12. The number of anilines is 4. The van der Waals surface area contributed by atoms with Crippen molar-refractivity contribution in [1.29, 1.82) is 0 Å². The second-order valence-corrected chi connectivity index (χ2v) is 10.1. The minimum absolute atomic E-state index is 0.0236. The van der Waals surface area contributed by atoms with Crippen LogP contribution in [0.1, 0.15) is 35.6 Å². The van der Waals surface area contributed by atoms with Crippen LogP contribution < -0.4 is 10.6 Å². The first kappa shape index (κ1) is 26.5. The molecule has 0 amide bonds. The van der Waals surface area contributed by atoms with E-state index in [1.54, 1.807) is 17.2 Å². The first-order valence-electron chi connectivity index (χ1n) is 11.4. The van der Waals surface area contributed by atoms with Crippen molar-refractivity contribution < 1.29 is 22.7 Å². The number of nitrogens with zero attached hydrogens (tertiary/aromatic N) is 4. The van der Waals surface area contributed by atoms with Crippen LogP contribution >= 0.6 is 22.6 Å². The zero-order valence-electron chi connectivity index (χ0n) is 19.6. The van der Waals surface area contributed by atoms with E-state index in [1.165, 1.54) is 6.07 Å². The number of H-pyrrole nitrogens is 1. The van der Waals surface area contributed by atoms with Gasteiger partial charge in [0.15, 0.2) is 17.7 Å². The van der Waals surface area contributed by atoms with Crippen molar-refractivity contribution in [3.63, 3.8) is 0 Å². The van der Waals surface area contributed by atoms with Gasteiger partial charge in [0.25, 0.3) is 0 Å². The van der Waals surface area contributed by atoms with Crippen LogP contribution in [0.5, 0.6) is 0 Å². The van der Waals surface area contributed by atoms with Gasteiger partial charge in [-0.1, -0.05) is 0 Å². The summed E-state index contributed by atoms with van der Waals surface area (Å²) in [4.78, 5) is 10.3. The number of aromatic amines is 1. The zero-order valence-corrected chi connectivity index (χ0v) is 21.8. The van der Waals surface area contributed by atoms with Crippen LogP contribution in [0.15, 0.2) is 24.4 Å². The molecule has 1 unspecified atom stereocenters. The first-order valence-corrected chi connectivity index (χ1v) is 12.4. The Morgan fingerprint density at radius 3 is 2.56 bits per heavy atom. The standard InChI is InChI=1S/C23H26F4IN7O/c1-12-7-18(30-22-29-10-17(28)21(32-22)31-20-8-13(2)33-34-20)16(24)9-15(12)14-3-5-35(6-4-14)11-19(36)23(25,26)27/h7-10,14,19,36H,3-6,11H2,1-2H3,(H3,29,30,31,32,33,34). The minimum atomic E-state index is -4.63. The number of hydrogen-bond acceptors (Lipinski definition) is 7. The van der Waals surface area contributed by atoms with Crippen LogP contribution in [-0.2, 0) is 0 Å². The summed E-state index contributed by atoms with van der Waals surface area (Å²) in [5.41, 5.74) is 2.81. The number of aryl methyl sites for hydroxylation is 2. The number of benzene rings is 1. The second kappa shape index (κ2) is 10.8. The smallest absolute Gasteiger partial charge is 0.382 e. The van der Waals surface area contributed by atoms with E-state index in [9.17, 15) is 18.3 Å². The van der Waals surface area contributed by atoms with E-state index in [0.717, 1.165) is 20.4 Å². The summed E-state index contributed by atoms with van der Waals surface area (Å²) >= 11 is 2.09. The van der Waals surface area contributed by atoms with Crippen LogP contribution in [-0.4, -0.2) is 62.1 Å². The Labute approximate surface area is 219 Å². The first-order chi connectivity index (χ1) is 17.0. The molecule has 0 aliphatic carbocycles. The molecule has 4 rings (SSSR count). The summed E-state index contributed by atoms with van der Waals surface area (Å²) in [6, 6.07) is 4.99. The van der Waals surface area contributed by atoms with E-state index in [2.05, 4.69) is 53.4 Å². The highest BCUT2D eigenvalue weighted by molar-refractivity contribution is 14.1. The van der Waals surface area contributed by atoms with Gasteiger partial charge in [-0.05, 0) is 91.5 Å². The van der Waals surface area contributed by atoms with E-state index in [0.29, 0.717) is 37.6 Å². The fraction of sp³-hybridized carbons (Fsp3) is 0.435. The van der Waals surface area contributed by atoms with Gasteiger partial charge in [-0.3, -0.25) is 5.10 Å². The molecule has 3 heterocycles. The molecular formula is C23H26F4IN7O. The summed E-state index contributed by atoms with van der Waals surface area (Å²) in [5, 5.41) is 22.3. The number of alkyl halides is 3. The molecule has 1 aliphatic heterocycles. The van der Waals surface area contributed by atoms with Crippen molar-refractivity contribution in [3.8, 4) is 0 Å². The fourth-order valence-electron chi connectivity index (χ4n) is 4.25. The molecule has 194 valence electrons. The highest BCUT2D eigenvalue weighted by Gasteiger charge is 2.39. The number of halogens is 5. The molecular weight excluding hydrogens is 593 g/mol. The van der Waals surface area contributed by atoms with E-state index in [1.807, 2.05) is 19.9 Å². The molecule has 1 saturated heterocycles. The van der Waals surface area contributed by atoms with Gasteiger partial charge < -0.3 is 20.6 Å². The predicted octanol–water partition coefficient (Wildman–Crippen LogP) is 5.15. The maximum atomic E-state index is 15.1. The average molecular weight is 619 g/mol. The van der Waals surface area contributed by atoms with Gasteiger partial charge in [-0.25, -0.2) is 9.37 Å². The van der Waals surface area contributed by atoms with E-state index in [4.69, 9.17) is 0 Å². The quantitative estimate of drug-likeness (QED) is 0.215. The number of rotatable bonds is 7. The van der Waals surface area contributed by atoms with Crippen molar-refractivity contribution >= 4 is 45.9 Å². The SMILES string of the molecule is Cc1cc(Nc2nc(Nc3cc(C)c(C4CCN(CC(O)C(F)(F)F)CC4)cc3F)ncc2I)n[nH]1. The molecule has 0 saturated carbocycles. The Morgan fingerprint density at radius 1 is 1.19 bits per heavy atom. The molecule has 4 N–H and O–H groups in total. The van der Waals surface area contributed by atoms with Crippen molar-refractivity contribution in [2.45, 2.75) is 44.9 Å². The van der Waals surface area contributed by atoms with Gasteiger partial charge in [0, 0.05) is 24.5 Å². The summed E-state index contributed by atoms with van der Waals surface area (Å²) in [7, 11) is 0. The third kappa shape index (κ3) is 6.42. The molecule has 3 aromatic rings. The van der Waals surface area contributed by atoms with Gasteiger partial charge in [0.05, 0.1) is 9.26 Å². The molecule has 1 atom stereocenters. The van der Waals surface area contributed by atoms with Crippen LogP contribution in [0.2, 0.25) is 0 Å². The highest BCUT2D eigenvalue weighted by atomic mass is 127. The number of aromatic nitrogens is 4. The normalized spacial score (nSPS) is 16.2. The molecule has 36 heavy (non-hydrogen) atoms. The maximum absolute atomic E-state index is 15.1. The van der Waals surface area contributed by atoms with Crippen LogP contribution in [0.4, 0.5) is 40.8 Å². The molecule has 1 aromatic carbocycles. The Morgan fingerprint density at radius 2 is 1.92 bits per heavy atom. The van der Waals surface area contributed by atoms with Crippen LogP contribution in [0.3, 0.4) is 0 Å². The summed E-state index contributed by atoms with van der Waals surface area (Å²) in [6.07, 6.45) is -4.21. The van der Waals surface area contributed by atoms with Gasteiger partial charge in [0.2, 0.25) is 5.95 Å². The van der Waals surface area contributed by atoms with Crippen LogP contribution in [0.25, 0.3) is 0 Å². The van der Waals surface area contributed by atoms with Gasteiger partial charge >= 0.3 is 6.18 Å². The topological polar surface area (TPSA) is 102 Å². The van der Waals surface area contributed by atoms with Gasteiger partial charge in [-0.15, -0.1) is 0 Å². The molecule has 1 aliphatic rings. The third-order valence-electron chi connectivity index (χ3n) is 6.14. The molecule has 2 aromatic heterocycles. The van der Waals surface area contributed by atoms with Crippen molar-refractivity contribution in [1.82, 2.24) is 25.1 Å². The summed E-state index contributed by atoms with van der Waals surface area (Å²) in [5.74, 6) is 0.893. The Hall–Kier alpha value is -2.52. The third-order valence-corrected chi connectivity index (χ3v) is 6.92. The molecule has 0 spiro atoms. The Kier molecular flexibility index (Phi) is 7.99. The second-order valence-electron chi connectivity index (χ2n) is 8.90. The lowest BCUT2D eigenvalue weighted by Gasteiger charge is -2.34. The van der Waals surface area contributed by atoms with Crippen molar-refractivity contribution in [3.05, 3.63) is 50.6 Å². The number of aliphatic hydroxyl groups excluding tert-OH is 1. The number of hydrogen-bond donors (Lipinski definition) is 4. The molecule has 8 nitrogen and oxygen atoms in total. The molecule has 1 fully saturated rings. The number of likely N-dealkylation sites (tertiary alicyclic amines) is 1. The summed E-state index contributed by atoms with van der Waals surface area (Å²) < 4.78 is 53.7. The zero-order chi connectivity index (χ0) is 26.0. The van der Waals surface area contributed by atoms with Crippen molar-refractivity contribution in [2.24, 2.45) is 0 Å². The number of β-amino-alcohol motifs (C(OH)–C–C–N with tert-alkyl or cyclic N) is 1. The maximum Gasteiger partial charge on any atom is 0.415 e. The molecule has 0 radical (unpaired) electrons. The minimum Gasteiger partial charge on any atom is -0.382 e. The Bertz CT molecular complexity index is 1210. The number of aliphatic hydroxyl groups is 1. The largest absolute Gasteiger partial charge is 0.415 e. The van der Waals surface area contributed by atoms with E-state index >= 15 is 4.39 Å². The lowest BCUT2D eigenvalue weighted by atomic mass is 9.86. The Balaban J connectivity index is 1.43. The van der Waals surface area contributed by atoms with E-state index < -0.39 is 24.6 Å². The molecule has 0 bridgehead atoms. The van der Waals surface area contributed by atoms with Crippen LogP contribution in [0, 0.1) is 23.2 Å². The van der Waals surface area contributed by atoms with E-state index in [-0.39, 0.29) is 17.6 Å². The lowest BCUT2D eigenvalue weighted by Crippen LogP contribution is -2.44. The lowest BCUT2D eigenvalue weighted by molar-refractivity contribution is -0.208. The van der Waals surface area contributed by atoms with Gasteiger partial charge in [-0.2, -0.15) is 23.3 Å². The highest BCUT2D eigenvalue weighted by Crippen LogP contribution is 2.34. The number of nitrogens with one attached hydrogen (secondary N) is 3. The fourth-order valence-corrected chi connectivity index (χ4v) is 4.64.